The molecule has 1 aromatic heterocycles. The number of phenolic OH excluding ortho intramolecular Hbond substituents is 2. The molecular weight excluding hydrogens is 254 g/mol. The molecule has 0 atom stereocenters. The Balaban J connectivity index is 2.35. The fourth-order valence-corrected chi connectivity index (χ4v) is 1.54. The highest BCUT2D eigenvalue weighted by atomic mass is 16.6. The number of hydrogen-bond donors (Lipinski definition) is 2. The number of hydrogen-bond acceptors (Lipinski definition) is 6. The van der Waals surface area contributed by atoms with E-state index < -0.39 is 27.9 Å². The van der Waals surface area contributed by atoms with Crippen LogP contribution in [0.2, 0.25) is 0 Å². The largest absolute Gasteiger partial charge is 0.504 e. The number of benzene rings is 1. The van der Waals surface area contributed by atoms with Crippen LogP contribution in [0.1, 0.15) is 10.4 Å². The van der Waals surface area contributed by atoms with E-state index in [-0.39, 0.29) is 12.1 Å². The summed E-state index contributed by atoms with van der Waals surface area (Å²) in [5, 5.41) is 29.4. The molecule has 0 fully saturated rings. The van der Waals surface area contributed by atoms with Crippen molar-refractivity contribution in [2.24, 2.45) is 0 Å². The van der Waals surface area contributed by atoms with E-state index in [1.807, 2.05) is 0 Å². The molecule has 8 heteroatoms. The molecule has 2 N–H and O–H groups in total. The van der Waals surface area contributed by atoms with Crippen LogP contribution >= 0.6 is 0 Å². The highest BCUT2D eigenvalue weighted by Crippen LogP contribution is 2.36. The minimum absolute atomic E-state index is 0.0595. The quantitative estimate of drug-likeness (QED) is 0.369. The van der Waals surface area contributed by atoms with Crippen LogP contribution in [0.4, 0.5) is 5.69 Å². The van der Waals surface area contributed by atoms with Gasteiger partial charge < -0.3 is 14.8 Å². The average Bonchev–Trinajstić information content (AvgIpc) is 2.84. The molecule has 98 valence electrons. The summed E-state index contributed by atoms with van der Waals surface area (Å²) in [6.07, 6.45) is 4.48. The SMILES string of the molecule is O=C(Cn1ccnc1)c1cc(O)c(O)c([N+](=O)[O-])c1. The van der Waals surface area contributed by atoms with Crippen LogP contribution in [-0.4, -0.2) is 30.5 Å². The normalized spacial score (nSPS) is 10.3. The number of phenols is 2. The van der Waals surface area contributed by atoms with E-state index in [0.29, 0.717) is 0 Å². The number of aromatic hydroxyl groups is 2. The van der Waals surface area contributed by atoms with Gasteiger partial charge in [0, 0.05) is 24.0 Å². The molecule has 0 bridgehead atoms. The molecule has 0 aliphatic rings. The fourth-order valence-electron chi connectivity index (χ4n) is 1.54. The van der Waals surface area contributed by atoms with E-state index in [9.17, 15) is 25.1 Å². The Morgan fingerprint density at radius 2 is 2.16 bits per heavy atom. The lowest BCUT2D eigenvalue weighted by Gasteiger charge is -2.04. The van der Waals surface area contributed by atoms with Gasteiger partial charge in [-0.3, -0.25) is 14.9 Å². The van der Waals surface area contributed by atoms with E-state index in [0.717, 1.165) is 12.1 Å². The van der Waals surface area contributed by atoms with Gasteiger partial charge in [-0.15, -0.1) is 0 Å². The molecule has 0 spiro atoms. The van der Waals surface area contributed by atoms with E-state index in [1.54, 1.807) is 6.20 Å². The maximum Gasteiger partial charge on any atom is 0.315 e. The molecule has 0 saturated heterocycles. The average molecular weight is 263 g/mol. The molecule has 0 aliphatic heterocycles. The summed E-state index contributed by atoms with van der Waals surface area (Å²) < 4.78 is 1.48. The van der Waals surface area contributed by atoms with Crippen molar-refractivity contribution in [1.82, 2.24) is 9.55 Å². The number of nitrogens with zero attached hydrogens (tertiary/aromatic N) is 3. The van der Waals surface area contributed by atoms with Crippen molar-refractivity contribution < 1.29 is 19.9 Å². The number of rotatable bonds is 4. The van der Waals surface area contributed by atoms with Crippen molar-refractivity contribution in [3.63, 3.8) is 0 Å². The highest BCUT2D eigenvalue weighted by molar-refractivity contribution is 5.97. The Kier molecular flexibility index (Phi) is 3.15. The van der Waals surface area contributed by atoms with Crippen LogP contribution in [0.3, 0.4) is 0 Å². The lowest BCUT2D eigenvalue weighted by Crippen LogP contribution is -2.09. The molecular formula is C11H9N3O5. The predicted molar refractivity (Wildman–Crippen MR) is 63.0 cm³/mol. The van der Waals surface area contributed by atoms with Crippen LogP contribution in [-0.2, 0) is 6.54 Å². The molecule has 19 heavy (non-hydrogen) atoms. The van der Waals surface area contributed by atoms with Crippen molar-refractivity contribution in [3.8, 4) is 11.5 Å². The van der Waals surface area contributed by atoms with E-state index >= 15 is 0 Å². The maximum absolute atomic E-state index is 11.9. The number of imidazole rings is 1. The second-order valence-corrected chi connectivity index (χ2v) is 3.78. The zero-order valence-electron chi connectivity index (χ0n) is 9.55. The lowest BCUT2D eigenvalue weighted by molar-refractivity contribution is -0.386. The first-order chi connectivity index (χ1) is 8.99. The summed E-state index contributed by atoms with van der Waals surface area (Å²) in [6.45, 7) is -0.0681. The standard InChI is InChI=1S/C11H9N3O5/c15-9-4-7(3-8(11(9)17)14(18)19)10(16)5-13-2-1-12-6-13/h1-4,6,15,17H,5H2. The number of ketones is 1. The first kappa shape index (κ1) is 12.6. The summed E-state index contributed by atoms with van der Waals surface area (Å²) in [6, 6.07) is 1.91. The maximum atomic E-state index is 11.9. The fraction of sp³-hybridized carbons (Fsp3) is 0.0909. The van der Waals surface area contributed by atoms with Crippen LogP contribution in [0.15, 0.2) is 30.9 Å². The number of nitro benzene ring substituents is 1. The van der Waals surface area contributed by atoms with Gasteiger partial charge >= 0.3 is 5.69 Å². The van der Waals surface area contributed by atoms with Crippen LogP contribution in [0.5, 0.6) is 11.5 Å². The van der Waals surface area contributed by atoms with E-state index in [4.69, 9.17) is 0 Å². The molecule has 1 heterocycles. The number of Topliss-reactive ketones (excluding diaryl/α,β-unsaturated/α-hetero) is 1. The Hall–Kier alpha value is -2.90. The van der Waals surface area contributed by atoms with Gasteiger partial charge in [-0.25, -0.2) is 4.98 Å². The van der Waals surface area contributed by atoms with Crippen molar-refractivity contribution in [1.29, 1.82) is 0 Å². The summed E-state index contributed by atoms with van der Waals surface area (Å²) in [4.78, 5) is 25.4. The third kappa shape index (κ3) is 2.51. The Bertz CT molecular complexity index is 636. The van der Waals surface area contributed by atoms with Gasteiger partial charge in [-0.1, -0.05) is 0 Å². The van der Waals surface area contributed by atoms with Crippen molar-refractivity contribution in [2.75, 3.05) is 0 Å². The summed E-state index contributed by atoms with van der Waals surface area (Å²) in [5.74, 6) is -2.01. The Morgan fingerprint density at radius 3 is 2.74 bits per heavy atom. The Morgan fingerprint density at radius 1 is 1.42 bits per heavy atom. The zero-order valence-corrected chi connectivity index (χ0v) is 9.55. The van der Waals surface area contributed by atoms with Crippen LogP contribution in [0, 0.1) is 10.1 Å². The molecule has 1 aromatic carbocycles. The van der Waals surface area contributed by atoms with Gasteiger partial charge in [-0.05, 0) is 6.07 Å². The summed E-state index contributed by atoms with van der Waals surface area (Å²) in [7, 11) is 0. The van der Waals surface area contributed by atoms with Gasteiger partial charge in [0.1, 0.15) is 0 Å². The summed E-state index contributed by atoms with van der Waals surface area (Å²) in [5.41, 5.74) is -0.773. The second kappa shape index (κ2) is 4.77. The molecule has 8 nitrogen and oxygen atoms in total. The predicted octanol–water partition coefficient (Wildman–Crippen LogP) is 1.09. The van der Waals surface area contributed by atoms with Gasteiger partial charge in [-0.2, -0.15) is 0 Å². The number of carbonyl (C=O) groups excluding carboxylic acids is 1. The monoisotopic (exact) mass is 263 g/mol. The van der Waals surface area contributed by atoms with E-state index in [2.05, 4.69) is 4.98 Å². The topological polar surface area (TPSA) is 118 Å². The van der Waals surface area contributed by atoms with E-state index in [1.165, 1.54) is 17.1 Å². The molecule has 2 aromatic rings. The lowest BCUT2D eigenvalue weighted by atomic mass is 10.1. The van der Waals surface area contributed by atoms with Crippen molar-refractivity contribution >= 4 is 11.5 Å². The van der Waals surface area contributed by atoms with Gasteiger partial charge in [0.2, 0.25) is 5.75 Å². The smallest absolute Gasteiger partial charge is 0.315 e. The molecule has 0 aliphatic carbocycles. The van der Waals surface area contributed by atoms with Crippen molar-refractivity contribution in [2.45, 2.75) is 6.54 Å². The first-order valence-electron chi connectivity index (χ1n) is 5.18. The number of carbonyl (C=O) groups is 1. The first-order valence-corrected chi connectivity index (χ1v) is 5.18. The Labute approximate surface area is 106 Å². The molecule has 0 unspecified atom stereocenters. The molecule has 0 amide bonds. The molecule has 0 radical (unpaired) electrons. The zero-order chi connectivity index (χ0) is 14.0. The molecule has 2 rings (SSSR count). The van der Waals surface area contributed by atoms with Crippen LogP contribution in [0.25, 0.3) is 0 Å². The van der Waals surface area contributed by atoms with Gasteiger partial charge in [0.25, 0.3) is 0 Å². The van der Waals surface area contributed by atoms with Crippen molar-refractivity contribution in [3.05, 3.63) is 46.5 Å². The number of nitro groups is 1. The second-order valence-electron chi connectivity index (χ2n) is 3.78. The van der Waals surface area contributed by atoms with Gasteiger partial charge in [0.05, 0.1) is 17.8 Å². The van der Waals surface area contributed by atoms with Crippen LogP contribution < -0.4 is 0 Å². The van der Waals surface area contributed by atoms with Gasteiger partial charge in [0.15, 0.2) is 11.5 Å². The molecule has 0 saturated carbocycles. The number of aromatic nitrogens is 2. The minimum atomic E-state index is -0.872. The third-order valence-corrected chi connectivity index (χ3v) is 2.47. The third-order valence-electron chi connectivity index (χ3n) is 2.47. The highest BCUT2D eigenvalue weighted by Gasteiger charge is 2.21. The minimum Gasteiger partial charge on any atom is -0.504 e. The summed E-state index contributed by atoms with van der Waals surface area (Å²) >= 11 is 0.